The molecule has 2 aromatic carbocycles. The highest BCUT2D eigenvalue weighted by molar-refractivity contribution is 5.92. The number of aryl methyl sites for hydroxylation is 1. The van der Waals surface area contributed by atoms with Crippen molar-refractivity contribution in [2.24, 2.45) is 0 Å². The van der Waals surface area contributed by atoms with Crippen molar-refractivity contribution in [2.75, 3.05) is 25.0 Å². The predicted molar refractivity (Wildman–Crippen MR) is 115 cm³/mol. The molecule has 0 bridgehead atoms. The van der Waals surface area contributed by atoms with Crippen LogP contribution in [0.2, 0.25) is 0 Å². The molecule has 1 aromatic heterocycles. The summed E-state index contributed by atoms with van der Waals surface area (Å²) in [6.45, 7) is 7.63. The van der Waals surface area contributed by atoms with Crippen molar-refractivity contribution in [2.45, 2.75) is 39.3 Å². The molecule has 1 fully saturated rings. The number of benzene rings is 2. The van der Waals surface area contributed by atoms with Crippen LogP contribution in [0.3, 0.4) is 0 Å². The standard InChI is InChI=1S/C23H27N3O4/c1-3-29-20-12-16(5-4-15(20)2)14-26-10-8-18(9-11-26)24-23-25-19-7-6-17(22(27)28)13-21(19)30-23/h4-7,12-13,18H,3,8-11,14H2,1-2H3,(H,24,25)(H,27,28). The number of oxazole rings is 1. The van der Waals surface area contributed by atoms with Crippen LogP contribution in [0.25, 0.3) is 11.1 Å². The Morgan fingerprint density at radius 3 is 2.80 bits per heavy atom. The van der Waals surface area contributed by atoms with Crippen molar-refractivity contribution in [3.05, 3.63) is 53.1 Å². The lowest BCUT2D eigenvalue weighted by molar-refractivity contribution is 0.0697. The number of anilines is 1. The third-order valence-electron chi connectivity index (χ3n) is 5.51. The van der Waals surface area contributed by atoms with Crippen LogP contribution in [0.15, 0.2) is 40.8 Å². The number of ether oxygens (including phenoxy) is 1. The lowest BCUT2D eigenvalue weighted by Crippen LogP contribution is -2.38. The first-order valence-corrected chi connectivity index (χ1v) is 10.4. The number of nitrogens with one attached hydrogen (secondary N) is 1. The smallest absolute Gasteiger partial charge is 0.335 e. The van der Waals surface area contributed by atoms with Gasteiger partial charge in [0.2, 0.25) is 0 Å². The van der Waals surface area contributed by atoms with Crippen molar-refractivity contribution in [1.29, 1.82) is 0 Å². The largest absolute Gasteiger partial charge is 0.494 e. The maximum atomic E-state index is 11.1. The zero-order chi connectivity index (χ0) is 21.1. The second kappa shape index (κ2) is 8.75. The van der Waals surface area contributed by atoms with E-state index in [9.17, 15) is 4.79 Å². The number of carbonyl (C=O) groups is 1. The van der Waals surface area contributed by atoms with Gasteiger partial charge >= 0.3 is 5.97 Å². The van der Waals surface area contributed by atoms with Crippen LogP contribution in [0, 0.1) is 6.92 Å². The molecule has 0 spiro atoms. The van der Waals surface area contributed by atoms with E-state index in [1.807, 2.05) is 6.92 Å². The SMILES string of the molecule is CCOc1cc(CN2CCC(Nc3nc4ccc(C(=O)O)cc4o3)CC2)ccc1C. The Balaban J connectivity index is 1.33. The number of hydrogen-bond donors (Lipinski definition) is 2. The number of piperidine rings is 1. The Morgan fingerprint density at radius 2 is 2.07 bits per heavy atom. The van der Waals surface area contributed by atoms with Gasteiger partial charge in [-0.3, -0.25) is 4.90 Å². The second-order valence-corrected chi connectivity index (χ2v) is 7.73. The summed E-state index contributed by atoms with van der Waals surface area (Å²) < 4.78 is 11.4. The van der Waals surface area contributed by atoms with Gasteiger partial charge < -0.3 is 19.6 Å². The van der Waals surface area contributed by atoms with Gasteiger partial charge in [0.1, 0.15) is 11.3 Å². The molecule has 30 heavy (non-hydrogen) atoms. The Bertz CT molecular complexity index is 1040. The van der Waals surface area contributed by atoms with Gasteiger partial charge in [-0.2, -0.15) is 4.98 Å². The number of likely N-dealkylation sites (tertiary alicyclic amines) is 1. The topological polar surface area (TPSA) is 87.8 Å². The van der Waals surface area contributed by atoms with Crippen LogP contribution in [0.5, 0.6) is 5.75 Å². The van der Waals surface area contributed by atoms with Crippen LogP contribution in [-0.4, -0.2) is 46.7 Å². The minimum Gasteiger partial charge on any atom is -0.494 e. The van der Waals surface area contributed by atoms with E-state index in [-0.39, 0.29) is 11.6 Å². The molecule has 0 aliphatic carbocycles. The molecule has 4 rings (SSSR count). The Labute approximate surface area is 175 Å². The molecule has 7 nitrogen and oxygen atoms in total. The van der Waals surface area contributed by atoms with Gasteiger partial charge in [-0.1, -0.05) is 12.1 Å². The number of rotatable bonds is 7. The van der Waals surface area contributed by atoms with Crippen LogP contribution in [0.4, 0.5) is 6.01 Å². The average molecular weight is 409 g/mol. The van der Waals surface area contributed by atoms with Crippen LogP contribution >= 0.6 is 0 Å². The molecular formula is C23H27N3O4. The van der Waals surface area contributed by atoms with Crippen molar-refractivity contribution >= 4 is 23.1 Å². The van der Waals surface area contributed by atoms with Crippen LogP contribution in [0.1, 0.15) is 41.3 Å². The fourth-order valence-corrected chi connectivity index (χ4v) is 3.84. The molecule has 0 unspecified atom stereocenters. The van der Waals surface area contributed by atoms with E-state index >= 15 is 0 Å². The van der Waals surface area contributed by atoms with Gasteiger partial charge in [-0.15, -0.1) is 0 Å². The van der Waals surface area contributed by atoms with Gasteiger partial charge in [-0.25, -0.2) is 4.79 Å². The van der Waals surface area contributed by atoms with Crippen molar-refractivity contribution in [3.63, 3.8) is 0 Å². The minimum absolute atomic E-state index is 0.196. The summed E-state index contributed by atoms with van der Waals surface area (Å²) >= 11 is 0. The summed E-state index contributed by atoms with van der Waals surface area (Å²) in [4.78, 5) is 18.0. The average Bonchev–Trinajstić information content (AvgIpc) is 3.13. The second-order valence-electron chi connectivity index (χ2n) is 7.73. The minimum atomic E-state index is -0.975. The summed E-state index contributed by atoms with van der Waals surface area (Å²) in [5.74, 6) is -0.00861. The number of fused-ring (bicyclic) bond motifs is 1. The van der Waals surface area contributed by atoms with Gasteiger partial charge in [0.25, 0.3) is 6.01 Å². The fraction of sp³-hybridized carbons (Fsp3) is 0.391. The maximum Gasteiger partial charge on any atom is 0.335 e. The van der Waals surface area contributed by atoms with Gasteiger partial charge in [0.15, 0.2) is 5.58 Å². The quantitative estimate of drug-likeness (QED) is 0.601. The zero-order valence-corrected chi connectivity index (χ0v) is 17.4. The van der Waals surface area contributed by atoms with E-state index in [4.69, 9.17) is 14.3 Å². The molecule has 1 aliphatic rings. The number of aromatic nitrogens is 1. The van der Waals surface area contributed by atoms with Gasteiger partial charge in [0, 0.05) is 25.7 Å². The Kier molecular flexibility index (Phi) is 5.90. The number of carboxylic acids is 1. The summed E-state index contributed by atoms with van der Waals surface area (Å²) in [5.41, 5.74) is 3.77. The molecule has 0 radical (unpaired) electrons. The number of hydrogen-bond acceptors (Lipinski definition) is 6. The molecule has 1 aliphatic heterocycles. The first kappa shape index (κ1) is 20.2. The van der Waals surface area contributed by atoms with E-state index in [1.165, 1.54) is 17.7 Å². The van der Waals surface area contributed by atoms with Crippen molar-refractivity contribution < 1.29 is 19.1 Å². The normalized spacial score (nSPS) is 15.4. The summed E-state index contributed by atoms with van der Waals surface area (Å²) in [6, 6.07) is 11.9. The molecule has 0 amide bonds. The molecule has 3 aromatic rings. The Morgan fingerprint density at radius 1 is 1.27 bits per heavy atom. The fourth-order valence-electron chi connectivity index (χ4n) is 3.84. The van der Waals surface area contributed by atoms with E-state index in [0.29, 0.717) is 23.7 Å². The van der Waals surface area contributed by atoms with E-state index in [1.54, 1.807) is 6.07 Å². The first-order chi connectivity index (χ1) is 14.5. The molecule has 0 atom stereocenters. The highest BCUT2D eigenvalue weighted by Crippen LogP contribution is 2.24. The summed E-state index contributed by atoms with van der Waals surface area (Å²) in [5, 5.41) is 12.5. The maximum absolute atomic E-state index is 11.1. The molecule has 1 saturated heterocycles. The Hall–Kier alpha value is -3.06. The number of nitrogens with zero attached hydrogens (tertiary/aromatic N) is 2. The van der Waals surface area contributed by atoms with Gasteiger partial charge in [0.05, 0.1) is 12.2 Å². The summed E-state index contributed by atoms with van der Waals surface area (Å²) in [6.07, 6.45) is 1.98. The first-order valence-electron chi connectivity index (χ1n) is 10.4. The highest BCUT2D eigenvalue weighted by atomic mass is 16.5. The van der Waals surface area contributed by atoms with Crippen molar-refractivity contribution in [1.82, 2.24) is 9.88 Å². The molecule has 2 heterocycles. The van der Waals surface area contributed by atoms with Crippen molar-refractivity contribution in [3.8, 4) is 5.75 Å². The molecule has 7 heteroatoms. The van der Waals surface area contributed by atoms with Crippen LogP contribution < -0.4 is 10.1 Å². The predicted octanol–water partition coefficient (Wildman–Crippen LogP) is 4.31. The molecule has 0 saturated carbocycles. The third kappa shape index (κ3) is 4.57. The number of carboxylic acid groups (broad SMARTS) is 1. The highest BCUT2D eigenvalue weighted by Gasteiger charge is 2.21. The molecule has 158 valence electrons. The monoisotopic (exact) mass is 409 g/mol. The lowest BCUT2D eigenvalue weighted by Gasteiger charge is -2.32. The molecular weight excluding hydrogens is 382 g/mol. The zero-order valence-electron chi connectivity index (χ0n) is 17.4. The third-order valence-corrected chi connectivity index (χ3v) is 5.51. The van der Waals surface area contributed by atoms with Crippen LogP contribution in [-0.2, 0) is 6.54 Å². The van der Waals surface area contributed by atoms with E-state index in [0.717, 1.165) is 43.8 Å². The van der Waals surface area contributed by atoms with E-state index in [2.05, 4.69) is 40.3 Å². The summed E-state index contributed by atoms with van der Waals surface area (Å²) in [7, 11) is 0. The molecule has 2 N–H and O–H groups in total. The van der Waals surface area contributed by atoms with Gasteiger partial charge in [-0.05, 0) is 62.1 Å². The number of aromatic carboxylic acids is 1. The van der Waals surface area contributed by atoms with E-state index < -0.39 is 5.97 Å². The lowest BCUT2D eigenvalue weighted by atomic mass is 10.0.